The summed E-state index contributed by atoms with van der Waals surface area (Å²) in [6, 6.07) is 5.81. The average molecular weight is 244 g/mol. The van der Waals surface area contributed by atoms with Crippen LogP contribution in [0.4, 0.5) is 0 Å². The highest BCUT2D eigenvalue weighted by Gasteiger charge is 2.07. The summed E-state index contributed by atoms with van der Waals surface area (Å²) >= 11 is 0. The predicted octanol–water partition coefficient (Wildman–Crippen LogP) is 0.642. The van der Waals surface area contributed by atoms with E-state index in [1.807, 2.05) is 0 Å². The first-order chi connectivity index (χ1) is 7.43. The molecule has 0 aliphatic heterocycles. The van der Waals surface area contributed by atoms with Gasteiger partial charge in [0.15, 0.2) is 16.4 Å². The van der Waals surface area contributed by atoms with E-state index in [4.69, 9.17) is 4.74 Å². The second-order valence-corrected chi connectivity index (χ2v) is 5.12. The van der Waals surface area contributed by atoms with Crippen molar-refractivity contribution in [2.24, 2.45) is 0 Å². The third-order valence-corrected chi connectivity index (χ3v) is 2.96. The van der Waals surface area contributed by atoms with Gasteiger partial charge < -0.3 is 9.47 Å². The van der Waals surface area contributed by atoms with Gasteiger partial charge in [-0.25, -0.2) is 13.2 Å². The zero-order valence-electron chi connectivity index (χ0n) is 8.97. The molecule has 1 aromatic carbocycles. The zero-order valence-corrected chi connectivity index (χ0v) is 9.78. The number of methoxy groups -OCH3 is 1. The van der Waals surface area contributed by atoms with Crippen LogP contribution in [0.2, 0.25) is 0 Å². The fourth-order valence-corrected chi connectivity index (χ4v) is 1.61. The number of sulfone groups is 1. The third-order valence-electron chi connectivity index (χ3n) is 1.84. The van der Waals surface area contributed by atoms with Gasteiger partial charge in [0.2, 0.25) is 0 Å². The fraction of sp³-hybridized carbons (Fsp3) is 0.300. The molecule has 0 atom stereocenters. The molecule has 0 saturated heterocycles. The number of carbonyl (C=O) groups excluding carboxylic acids is 1. The highest BCUT2D eigenvalue weighted by molar-refractivity contribution is 7.90. The van der Waals surface area contributed by atoms with Crippen molar-refractivity contribution in [3.05, 3.63) is 24.3 Å². The van der Waals surface area contributed by atoms with Crippen molar-refractivity contribution < 1.29 is 22.7 Å². The molecular formula is C10H12O5S. The molecule has 0 N–H and O–H groups in total. The van der Waals surface area contributed by atoms with E-state index in [9.17, 15) is 13.2 Å². The van der Waals surface area contributed by atoms with E-state index in [1.165, 1.54) is 31.4 Å². The third kappa shape index (κ3) is 3.54. The molecule has 6 heteroatoms. The first kappa shape index (κ1) is 12.5. The number of ether oxygens (including phenoxy) is 2. The minimum Gasteiger partial charge on any atom is -0.482 e. The van der Waals surface area contributed by atoms with E-state index in [0.29, 0.717) is 5.75 Å². The average Bonchev–Trinajstić information content (AvgIpc) is 2.25. The van der Waals surface area contributed by atoms with Crippen LogP contribution in [0, 0.1) is 0 Å². The van der Waals surface area contributed by atoms with Crippen LogP contribution in [-0.2, 0) is 19.4 Å². The summed E-state index contributed by atoms with van der Waals surface area (Å²) in [5.74, 6) is -0.0787. The smallest absolute Gasteiger partial charge is 0.343 e. The van der Waals surface area contributed by atoms with Crippen molar-refractivity contribution in [3.63, 3.8) is 0 Å². The molecule has 1 rings (SSSR count). The lowest BCUT2D eigenvalue weighted by Gasteiger charge is -2.05. The summed E-state index contributed by atoms with van der Waals surface area (Å²) in [4.78, 5) is 11.0. The Morgan fingerprint density at radius 3 is 2.25 bits per heavy atom. The van der Waals surface area contributed by atoms with Crippen molar-refractivity contribution in [3.8, 4) is 5.75 Å². The Balaban J connectivity index is 2.69. The minimum atomic E-state index is -3.20. The summed E-state index contributed by atoms with van der Waals surface area (Å²) in [5, 5.41) is 0. The van der Waals surface area contributed by atoms with Gasteiger partial charge in [0.25, 0.3) is 0 Å². The van der Waals surface area contributed by atoms with Crippen LogP contribution in [0.1, 0.15) is 0 Å². The Kier molecular flexibility index (Phi) is 3.89. The highest BCUT2D eigenvalue weighted by Crippen LogP contribution is 2.15. The minimum absolute atomic E-state index is 0.200. The molecule has 0 fully saturated rings. The second-order valence-electron chi connectivity index (χ2n) is 3.11. The number of hydrogen-bond donors (Lipinski definition) is 0. The lowest BCUT2D eigenvalue weighted by Crippen LogP contribution is -2.12. The number of esters is 1. The van der Waals surface area contributed by atoms with Gasteiger partial charge in [-0.1, -0.05) is 0 Å². The van der Waals surface area contributed by atoms with Gasteiger partial charge in [0, 0.05) is 6.26 Å². The van der Waals surface area contributed by atoms with E-state index in [-0.39, 0.29) is 11.5 Å². The summed E-state index contributed by atoms with van der Waals surface area (Å²) in [6.07, 6.45) is 1.12. The van der Waals surface area contributed by atoms with Crippen LogP contribution in [-0.4, -0.2) is 34.4 Å². The molecule has 0 aromatic heterocycles. The van der Waals surface area contributed by atoms with Gasteiger partial charge in [0.1, 0.15) is 5.75 Å². The van der Waals surface area contributed by atoms with Crippen LogP contribution >= 0.6 is 0 Å². The standard InChI is InChI=1S/C10H12O5S/c1-14-10(11)7-15-8-3-5-9(6-4-8)16(2,12)13/h3-6H,7H2,1-2H3. The molecule has 16 heavy (non-hydrogen) atoms. The van der Waals surface area contributed by atoms with Crippen LogP contribution in [0.5, 0.6) is 5.75 Å². The lowest BCUT2D eigenvalue weighted by atomic mass is 10.3. The van der Waals surface area contributed by atoms with Crippen LogP contribution in [0.15, 0.2) is 29.2 Å². The Hall–Kier alpha value is -1.56. The zero-order chi connectivity index (χ0) is 12.2. The molecule has 0 unspecified atom stereocenters. The second kappa shape index (κ2) is 4.98. The molecule has 0 aliphatic rings. The Morgan fingerprint density at radius 1 is 1.25 bits per heavy atom. The Morgan fingerprint density at radius 2 is 1.81 bits per heavy atom. The van der Waals surface area contributed by atoms with Gasteiger partial charge in [-0.15, -0.1) is 0 Å². The molecule has 0 amide bonds. The largest absolute Gasteiger partial charge is 0.482 e. The summed E-state index contributed by atoms with van der Waals surface area (Å²) < 4.78 is 31.7. The molecule has 0 heterocycles. The van der Waals surface area contributed by atoms with Crippen molar-refractivity contribution in [1.29, 1.82) is 0 Å². The molecule has 0 bridgehead atoms. The van der Waals surface area contributed by atoms with E-state index in [1.54, 1.807) is 0 Å². The number of rotatable bonds is 4. The SMILES string of the molecule is COC(=O)COc1ccc(S(C)(=O)=O)cc1. The lowest BCUT2D eigenvalue weighted by molar-refractivity contribution is -0.142. The predicted molar refractivity (Wildman–Crippen MR) is 57.1 cm³/mol. The van der Waals surface area contributed by atoms with Crippen LogP contribution < -0.4 is 4.74 Å². The Labute approximate surface area is 93.9 Å². The summed E-state index contributed by atoms with van der Waals surface area (Å²) in [5.41, 5.74) is 0. The Bertz CT molecular complexity index is 460. The number of carbonyl (C=O) groups is 1. The van der Waals surface area contributed by atoms with Gasteiger partial charge in [-0.05, 0) is 24.3 Å². The van der Waals surface area contributed by atoms with E-state index in [2.05, 4.69) is 4.74 Å². The van der Waals surface area contributed by atoms with Gasteiger partial charge >= 0.3 is 5.97 Å². The van der Waals surface area contributed by atoms with Gasteiger partial charge in [-0.2, -0.15) is 0 Å². The maximum absolute atomic E-state index is 11.1. The molecule has 5 nitrogen and oxygen atoms in total. The van der Waals surface area contributed by atoms with Crippen LogP contribution in [0.3, 0.4) is 0 Å². The first-order valence-electron chi connectivity index (χ1n) is 4.43. The normalized spacial score (nSPS) is 10.9. The summed E-state index contributed by atoms with van der Waals surface area (Å²) in [6.45, 7) is -0.200. The van der Waals surface area contributed by atoms with E-state index >= 15 is 0 Å². The topological polar surface area (TPSA) is 69.7 Å². The monoisotopic (exact) mass is 244 g/mol. The number of benzene rings is 1. The quantitative estimate of drug-likeness (QED) is 0.727. The van der Waals surface area contributed by atoms with Crippen molar-refractivity contribution in [2.45, 2.75) is 4.90 Å². The van der Waals surface area contributed by atoms with Crippen molar-refractivity contribution in [2.75, 3.05) is 20.0 Å². The maximum atomic E-state index is 11.1. The van der Waals surface area contributed by atoms with Gasteiger partial charge in [-0.3, -0.25) is 0 Å². The number of hydrogen-bond acceptors (Lipinski definition) is 5. The van der Waals surface area contributed by atoms with E-state index in [0.717, 1.165) is 6.26 Å². The van der Waals surface area contributed by atoms with Crippen molar-refractivity contribution in [1.82, 2.24) is 0 Å². The fourth-order valence-electron chi connectivity index (χ4n) is 0.984. The maximum Gasteiger partial charge on any atom is 0.343 e. The highest BCUT2D eigenvalue weighted by atomic mass is 32.2. The van der Waals surface area contributed by atoms with E-state index < -0.39 is 15.8 Å². The van der Waals surface area contributed by atoms with Gasteiger partial charge in [0.05, 0.1) is 12.0 Å². The van der Waals surface area contributed by atoms with Crippen LogP contribution in [0.25, 0.3) is 0 Å². The molecule has 0 radical (unpaired) electrons. The van der Waals surface area contributed by atoms with Crippen molar-refractivity contribution >= 4 is 15.8 Å². The molecule has 1 aromatic rings. The molecule has 0 aliphatic carbocycles. The molecular weight excluding hydrogens is 232 g/mol. The summed E-state index contributed by atoms with van der Waals surface area (Å²) in [7, 11) is -1.94. The molecule has 88 valence electrons. The molecule has 0 spiro atoms. The first-order valence-corrected chi connectivity index (χ1v) is 6.32. The molecule has 0 saturated carbocycles.